The van der Waals surface area contributed by atoms with Gasteiger partial charge in [-0.15, -0.1) is 0 Å². The van der Waals surface area contributed by atoms with E-state index in [-0.39, 0.29) is 5.95 Å². The van der Waals surface area contributed by atoms with Crippen LogP contribution in [0.25, 0.3) is 0 Å². The number of hydrogen-bond donors (Lipinski definition) is 2. The van der Waals surface area contributed by atoms with Gasteiger partial charge in [0.05, 0.1) is 12.2 Å². The van der Waals surface area contributed by atoms with E-state index in [4.69, 9.17) is 10.3 Å². The molecular formula is C20H26N8O. The highest BCUT2D eigenvalue weighted by Crippen LogP contribution is 2.18. The highest BCUT2D eigenvalue weighted by molar-refractivity contribution is 5.58. The van der Waals surface area contributed by atoms with Gasteiger partial charge in [0, 0.05) is 44.5 Å². The highest BCUT2D eigenvalue weighted by atomic mass is 16.5. The number of rotatable bonds is 6. The van der Waals surface area contributed by atoms with Crippen LogP contribution in [-0.2, 0) is 13.1 Å². The molecule has 0 atom stereocenters. The summed E-state index contributed by atoms with van der Waals surface area (Å²) in [4.78, 5) is 17.8. The summed E-state index contributed by atoms with van der Waals surface area (Å²) in [6.45, 7) is 9.19. The molecule has 0 unspecified atom stereocenters. The van der Waals surface area contributed by atoms with Crippen molar-refractivity contribution in [2.45, 2.75) is 26.9 Å². The Labute approximate surface area is 169 Å². The van der Waals surface area contributed by atoms with Crippen molar-refractivity contribution in [3.8, 4) is 0 Å². The van der Waals surface area contributed by atoms with Gasteiger partial charge in [0.25, 0.3) is 0 Å². The molecule has 9 nitrogen and oxygen atoms in total. The second-order valence-corrected chi connectivity index (χ2v) is 7.35. The molecule has 0 amide bonds. The van der Waals surface area contributed by atoms with Gasteiger partial charge in [-0.05, 0) is 25.5 Å². The lowest BCUT2D eigenvalue weighted by atomic mass is 10.2. The summed E-state index contributed by atoms with van der Waals surface area (Å²) in [5.41, 5.74) is 8.98. The van der Waals surface area contributed by atoms with Crippen LogP contribution in [0.4, 0.5) is 17.6 Å². The van der Waals surface area contributed by atoms with Gasteiger partial charge < -0.3 is 15.6 Å². The van der Waals surface area contributed by atoms with E-state index in [1.807, 2.05) is 44.2 Å². The number of aryl methyl sites for hydroxylation is 2. The van der Waals surface area contributed by atoms with E-state index in [9.17, 15) is 0 Å². The summed E-state index contributed by atoms with van der Waals surface area (Å²) < 4.78 is 5.15. The first-order valence-electron chi connectivity index (χ1n) is 9.75. The lowest BCUT2D eigenvalue weighted by Gasteiger charge is -2.33. The molecule has 152 valence electrons. The molecule has 4 rings (SSSR count). The number of nitrogens with two attached hydrogens (primary N) is 1. The zero-order valence-electron chi connectivity index (χ0n) is 16.8. The van der Waals surface area contributed by atoms with Crippen molar-refractivity contribution in [1.29, 1.82) is 0 Å². The number of benzene rings is 1. The van der Waals surface area contributed by atoms with Gasteiger partial charge in [0.2, 0.25) is 11.9 Å². The average molecular weight is 394 g/mol. The fourth-order valence-electron chi connectivity index (χ4n) is 3.43. The Morgan fingerprint density at radius 3 is 2.41 bits per heavy atom. The van der Waals surface area contributed by atoms with Gasteiger partial charge in [-0.25, -0.2) is 0 Å². The standard InChI is InChI=1S/C20H26N8O/c1-14-5-3-4-6-17(14)22-20-24-18(23-19(21)25-20)13-28-9-7-27(8-10-28)12-16-11-15(2)29-26-16/h3-6,11H,7-10,12-13H2,1-2H3,(H3,21,22,23,24,25). The van der Waals surface area contributed by atoms with Gasteiger partial charge >= 0.3 is 0 Å². The lowest BCUT2D eigenvalue weighted by molar-refractivity contribution is 0.118. The molecule has 1 aromatic carbocycles. The van der Waals surface area contributed by atoms with E-state index in [0.29, 0.717) is 18.3 Å². The molecular weight excluding hydrogens is 368 g/mol. The maximum atomic E-state index is 5.92. The molecule has 1 aliphatic heterocycles. The Hall–Kier alpha value is -3.04. The molecule has 0 radical (unpaired) electrons. The van der Waals surface area contributed by atoms with Crippen molar-refractivity contribution >= 4 is 17.6 Å². The molecule has 0 saturated carbocycles. The molecule has 1 saturated heterocycles. The SMILES string of the molecule is Cc1cc(CN2CCN(Cc3nc(N)nc(Nc4ccccc4C)n3)CC2)no1. The quantitative estimate of drug-likeness (QED) is 0.649. The van der Waals surface area contributed by atoms with Gasteiger partial charge in [0.15, 0.2) is 0 Å². The molecule has 29 heavy (non-hydrogen) atoms. The zero-order chi connectivity index (χ0) is 20.2. The number of nitrogens with zero attached hydrogens (tertiary/aromatic N) is 6. The normalized spacial score (nSPS) is 15.5. The van der Waals surface area contributed by atoms with Gasteiger partial charge in [-0.2, -0.15) is 15.0 Å². The van der Waals surface area contributed by atoms with Crippen LogP contribution in [0.1, 0.15) is 22.8 Å². The first-order chi connectivity index (χ1) is 14.0. The summed E-state index contributed by atoms with van der Waals surface area (Å²) in [5, 5.41) is 7.32. The van der Waals surface area contributed by atoms with Gasteiger partial charge in [-0.3, -0.25) is 9.80 Å². The van der Waals surface area contributed by atoms with Crippen LogP contribution in [-0.4, -0.2) is 56.1 Å². The number of aromatic nitrogens is 4. The molecule has 1 aliphatic rings. The summed E-state index contributed by atoms with van der Waals surface area (Å²) >= 11 is 0. The van der Waals surface area contributed by atoms with Crippen molar-refractivity contribution < 1.29 is 4.52 Å². The molecule has 9 heteroatoms. The van der Waals surface area contributed by atoms with E-state index in [0.717, 1.165) is 55.4 Å². The maximum Gasteiger partial charge on any atom is 0.232 e. The summed E-state index contributed by atoms with van der Waals surface area (Å²) in [5.74, 6) is 2.23. The number of nitrogen functional groups attached to an aromatic ring is 1. The van der Waals surface area contributed by atoms with Crippen molar-refractivity contribution in [3.63, 3.8) is 0 Å². The molecule has 0 spiro atoms. The minimum atomic E-state index is 0.228. The summed E-state index contributed by atoms with van der Waals surface area (Å²) in [6, 6.07) is 9.99. The molecule has 0 bridgehead atoms. The second-order valence-electron chi connectivity index (χ2n) is 7.35. The molecule has 3 aromatic rings. The largest absolute Gasteiger partial charge is 0.368 e. The first kappa shape index (κ1) is 19.3. The molecule has 3 N–H and O–H groups in total. The van der Waals surface area contributed by atoms with Crippen LogP contribution in [0.2, 0.25) is 0 Å². The van der Waals surface area contributed by atoms with Gasteiger partial charge in [0.1, 0.15) is 11.6 Å². The lowest BCUT2D eigenvalue weighted by Crippen LogP contribution is -2.45. The highest BCUT2D eigenvalue weighted by Gasteiger charge is 2.19. The minimum Gasteiger partial charge on any atom is -0.368 e. The Morgan fingerprint density at radius 2 is 1.72 bits per heavy atom. The minimum absolute atomic E-state index is 0.228. The van der Waals surface area contributed by atoms with Crippen molar-refractivity contribution in [1.82, 2.24) is 29.9 Å². The number of anilines is 3. The molecule has 2 aromatic heterocycles. The van der Waals surface area contributed by atoms with Crippen LogP contribution >= 0.6 is 0 Å². The van der Waals surface area contributed by atoms with Crippen molar-refractivity contribution in [3.05, 3.63) is 53.2 Å². The monoisotopic (exact) mass is 394 g/mol. The Kier molecular flexibility index (Phi) is 5.68. The molecule has 3 heterocycles. The third-order valence-corrected chi connectivity index (χ3v) is 4.98. The summed E-state index contributed by atoms with van der Waals surface area (Å²) in [6.07, 6.45) is 0. The van der Waals surface area contributed by atoms with E-state index in [1.54, 1.807) is 0 Å². The predicted molar refractivity (Wildman–Crippen MR) is 110 cm³/mol. The van der Waals surface area contributed by atoms with Crippen LogP contribution < -0.4 is 11.1 Å². The van der Waals surface area contributed by atoms with Crippen LogP contribution in [0, 0.1) is 13.8 Å². The van der Waals surface area contributed by atoms with Crippen molar-refractivity contribution in [2.75, 3.05) is 37.2 Å². The number of nitrogens with one attached hydrogen (secondary N) is 1. The zero-order valence-corrected chi connectivity index (χ0v) is 16.8. The Bertz CT molecular complexity index is 965. The third-order valence-electron chi connectivity index (χ3n) is 4.98. The summed E-state index contributed by atoms with van der Waals surface area (Å²) in [7, 11) is 0. The Morgan fingerprint density at radius 1 is 1.00 bits per heavy atom. The van der Waals surface area contributed by atoms with E-state index in [1.165, 1.54) is 0 Å². The number of hydrogen-bond acceptors (Lipinski definition) is 9. The third kappa shape index (κ3) is 5.07. The smallest absolute Gasteiger partial charge is 0.232 e. The second kappa shape index (κ2) is 8.54. The molecule has 1 fully saturated rings. The average Bonchev–Trinajstić information content (AvgIpc) is 3.09. The van der Waals surface area contributed by atoms with Crippen LogP contribution in [0.15, 0.2) is 34.9 Å². The molecule has 0 aliphatic carbocycles. The van der Waals surface area contributed by atoms with Crippen LogP contribution in [0.5, 0.6) is 0 Å². The fraction of sp³-hybridized carbons (Fsp3) is 0.400. The van der Waals surface area contributed by atoms with E-state index >= 15 is 0 Å². The van der Waals surface area contributed by atoms with E-state index < -0.39 is 0 Å². The van der Waals surface area contributed by atoms with Crippen molar-refractivity contribution in [2.24, 2.45) is 0 Å². The number of para-hydroxylation sites is 1. The number of piperazine rings is 1. The van der Waals surface area contributed by atoms with E-state index in [2.05, 4.69) is 35.2 Å². The Balaban J connectivity index is 1.35. The maximum absolute atomic E-state index is 5.92. The topological polar surface area (TPSA) is 109 Å². The fourth-order valence-corrected chi connectivity index (χ4v) is 3.43. The van der Waals surface area contributed by atoms with Crippen LogP contribution in [0.3, 0.4) is 0 Å². The first-order valence-corrected chi connectivity index (χ1v) is 9.75. The van der Waals surface area contributed by atoms with Gasteiger partial charge in [-0.1, -0.05) is 23.4 Å². The predicted octanol–water partition coefficient (Wildman–Crippen LogP) is 2.12.